The van der Waals surface area contributed by atoms with Crippen LogP contribution in [0.5, 0.6) is 0 Å². The van der Waals surface area contributed by atoms with Gasteiger partial charge in [0.05, 0.1) is 23.0 Å². The lowest BCUT2D eigenvalue weighted by atomic mass is 10.3. The summed E-state index contributed by atoms with van der Waals surface area (Å²) in [6, 6.07) is 6.12. The minimum absolute atomic E-state index is 0.137. The van der Waals surface area contributed by atoms with Crippen LogP contribution in [0, 0.1) is 0 Å². The lowest BCUT2D eigenvalue weighted by molar-refractivity contribution is 0.738. The number of benzene rings is 1. The molecule has 0 N–H and O–H groups in total. The number of alkyl halides is 1. The Bertz CT molecular complexity index is 778. The Hall–Kier alpha value is -0.910. The number of hydrogen-bond acceptors (Lipinski definition) is 3. The fraction of sp³-hybridized carbons (Fsp3) is 0.333. The van der Waals surface area contributed by atoms with Crippen LogP contribution in [0.15, 0.2) is 28.9 Å². The Morgan fingerprint density at radius 2 is 2.24 bits per heavy atom. The molecule has 3 rings (SSSR count). The van der Waals surface area contributed by atoms with Crippen LogP contribution in [0.25, 0.3) is 11.0 Å². The van der Waals surface area contributed by atoms with Gasteiger partial charge in [-0.3, -0.25) is 0 Å². The van der Waals surface area contributed by atoms with E-state index in [9.17, 15) is 0 Å². The van der Waals surface area contributed by atoms with Crippen LogP contribution in [-0.2, 0) is 13.0 Å². The molecule has 0 saturated carbocycles. The van der Waals surface area contributed by atoms with Gasteiger partial charge in [-0.15, -0.1) is 22.9 Å². The normalized spacial score (nSPS) is 13.0. The van der Waals surface area contributed by atoms with Crippen molar-refractivity contribution in [1.82, 2.24) is 14.5 Å². The summed E-state index contributed by atoms with van der Waals surface area (Å²) in [5.74, 6) is 0.887. The number of aromatic nitrogens is 3. The molecule has 0 radical (unpaired) electrons. The van der Waals surface area contributed by atoms with E-state index >= 15 is 0 Å². The Kier molecular flexibility index (Phi) is 4.33. The van der Waals surface area contributed by atoms with E-state index in [1.807, 2.05) is 25.3 Å². The van der Waals surface area contributed by atoms with Crippen molar-refractivity contribution in [2.45, 2.75) is 32.2 Å². The molecule has 0 aliphatic heterocycles. The van der Waals surface area contributed by atoms with Gasteiger partial charge in [-0.1, -0.05) is 22.9 Å². The van der Waals surface area contributed by atoms with E-state index < -0.39 is 0 Å². The van der Waals surface area contributed by atoms with Crippen LogP contribution in [0.4, 0.5) is 0 Å². The van der Waals surface area contributed by atoms with Gasteiger partial charge in [-0.05, 0) is 31.5 Å². The van der Waals surface area contributed by atoms with Crippen molar-refractivity contribution in [3.05, 3.63) is 44.6 Å². The van der Waals surface area contributed by atoms with Crippen LogP contribution < -0.4 is 0 Å². The summed E-state index contributed by atoms with van der Waals surface area (Å²) in [7, 11) is 0. The molecule has 2 heterocycles. The minimum Gasteiger partial charge on any atom is -0.320 e. The predicted molar refractivity (Wildman–Crippen MR) is 92.3 cm³/mol. The molecule has 21 heavy (non-hydrogen) atoms. The Morgan fingerprint density at radius 3 is 2.90 bits per heavy atom. The van der Waals surface area contributed by atoms with Crippen molar-refractivity contribution in [3.63, 3.8) is 0 Å². The molecule has 0 aliphatic rings. The van der Waals surface area contributed by atoms with E-state index in [1.54, 1.807) is 11.3 Å². The molecule has 1 unspecified atom stereocenters. The fourth-order valence-corrected chi connectivity index (χ4v) is 3.68. The van der Waals surface area contributed by atoms with Crippen molar-refractivity contribution in [3.8, 4) is 0 Å². The molecular formula is C15H15BrClN3S. The zero-order valence-electron chi connectivity index (χ0n) is 11.8. The van der Waals surface area contributed by atoms with Crippen LogP contribution >= 0.6 is 38.9 Å². The topological polar surface area (TPSA) is 30.7 Å². The molecular weight excluding hydrogens is 370 g/mol. The van der Waals surface area contributed by atoms with Gasteiger partial charge in [-0.2, -0.15) is 0 Å². The van der Waals surface area contributed by atoms with E-state index in [4.69, 9.17) is 11.6 Å². The average Bonchev–Trinajstić information content (AvgIpc) is 3.04. The largest absolute Gasteiger partial charge is 0.320 e. The third kappa shape index (κ3) is 3.00. The number of thiazole rings is 1. The van der Waals surface area contributed by atoms with Crippen molar-refractivity contribution >= 4 is 49.9 Å². The summed E-state index contributed by atoms with van der Waals surface area (Å²) >= 11 is 11.5. The van der Waals surface area contributed by atoms with Gasteiger partial charge >= 0.3 is 0 Å². The van der Waals surface area contributed by atoms with Crippen molar-refractivity contribution in [2.75, 3.05) is 0 Å². The third-order valence-corrected chi connectivity index (χ3v) is 5.15. The molecule has 3 nitrogen and oxygen atoms in total. The van der Waals surface area contributed by atoms with E-state index in [0.717, 1.165) is 39.3 Å². The molecule has 2 aromatic heterocycles. The summed E-state index contributed by atoms with van der Waals surface area (Å²) in [4.78, 5) is 10.5. The highest BCUT2D eigenvalue weighted by Crippen LogP contribution is 2.28. The van der Waals surface area contributed by atoms with Crippen molar-refractivity contribution in [1.29, 1.82) is 0 Å². The third-order valence-electron chi connectivity index (χ3n) is 3.34. The summed E-state index contributed by atoms with van der Waals surface area (Å²) in [6.45, 7) is 4.82. The molecule has 3 aromatic rings. The second kappa shape index (κ2) is 6.07. The zero-order chi connectivity index (χ0) is 15.0. The van der Waals surface area contributed by atoms with Gasteiger partial charge in [0.15, 0.2) is 0 Å². The van der Waals surface area contributed by atoms with Gasteiger partial charge in [0.1, 0.15) is 10.8 Å². The number of imidazole rings is 1. The predicted octanol–water partition coefficient (Wildman–Crippen LogP) is 5.17. The Morgan fingerprint density at radius 1 is 1.43 bits per heavy atom. The SMILES string of the molecule is CCc1cnc(Cn2c(C(C)Cl)nc3cc(Br)ccc32)s1. The van der Waals surface area contributed by atoms with Gasteiger partial charge in [0, 0.05) is 15.5 Å². The second-order valence-electron chi connectivity index (χ2n) is 4.88. The maximum absolute atomic E-state index is 6.31. The van der Waals surface area contributed by atoms with E-state index in [0.29, 0.717) is 0 Å². The number of hydrogen-bond donors (Lipinski definition) is 0. The first-order chi connectivity index (χ1) is 10.1. The van der Waals surface area contributed by atoms with Crippen LogP contribution in [0.3, 0.4) is 0 Å². The summed E-state index contributed by atoms with van der Waals surface area (Å²) in [6.07, 6.45) is 2.98. The lowest BCUT2D eigenvalue weighted by Crippen LogP contribution is -2.05. The summed E-state index contributed by atoms with van der Waals surface area (Å²) in [5, 5.41) is 0.953. The molecule has 6 heteroatoms. The summed E-state index contributed by atoms with van der Waals surface area (Å²) in [5.41, 5.74) is 2.05. The van der Waals surface area contributed by atoms with Gasteiger partial charge in [0.25, 0.3) is 0 Å². The number of aryl methyl sites for hydroxylation is 1. The molecule has 0 bridgehead atoms. The van der Waals surface area contributed by atoms with Crippen molar-refractivity contribution in [2.24, 2.45) is 0 Å². The first kappa shape index (κ1) is 15.0. The molecule has 0 amide bonds. The molecule has 110 valence electrons. The number of fused-ring (bicyclic) bond motifs is 1. The molecule has 1 aromatic carbocycles. The number of rotatable bonds is 4. The highest BCUT2D eigenvalue weighted by molar-refractivity contribution is 9.10. The highest BCUT2D eigenvalue weighted by Gasteiger charge is 2.16. The first-order valence-corrected chi connectivity index (χ1v) is 8.86. The average molecular weight is 385 g/mol. The first-order valence-electron chi connectivity index (χ1n) is 6.81. The maximum atomic E-state index is 6.31. The lowest BCUT2D eigenvalue weighted by Gasteiger charge is -2.08. The monoisotopic (exact) mass is 383 g/mol. The van der Waals surface area contributed by atoms with Gasteiger partial charge in [0.2, 0.25) is 0 Å². The van der Waals surface area contributed by atoms with Crippen LogP contribution in [0.1, 0.15) is 34.9 Å². The Balaban J connectivity index is 2.08. The zero-order valence-corrected chi connectivity index (χ0v) is 15.0. The smallest absolute Gasteiger partial charge is 0.128 e. The molecule has 0 aliphatic carbocycles. The van der Waals surface area contributed by atoms with Gasteiger partial charge < -0.3 is 4.57 Å². The van der Waals surface area contributed by atoms with Crippen LogP contribution in [0.2, 0.25) is 0 Å². The number of halogens is 2. The molecule has 1 atom stereocenters. The molecule has 0 fully saturated rings. The standard InChI is InChI=1S/C15H15BrClN3S/c1-3-11-7-18-14(21-11)8-20-13-5-4-10(16)6-12(13)19-15(20)9(2)17/h4-7,9H,3,8H2,1-2H3. The molecule has 0 saturated heterocycles. The number of nitrogens with zero attached hydrogens (tertiary/aromatic N) is 3. The second-order valence-corrected chi connectivity index (χ2v) is 7.65. The quantitative estimate of drug-likeness (QED) is 0.581. The van der Waals surface area contributed by atoms with E-state index in [-0.39, 0.29) is 5.38 Å². The van der Waals surface area contributed by atoms with E-state index in [1.165, 1.54) is 4.88 Å². The summed E-state index contributed by atoms with van der Waals surface area (Å²) < 4.78 is 3.19. The highest BCUT2D eigenvalue weighted by atomic mass is 79.9. The molecule has 0 spiro atoms. The van der Waals surface area contributed by atoms with E-state index in [2.05, 4.69) is 43.5 Å². The van der Waals surface area contributed by atoms with Gasteiger partial charge in [-0.25, -0.2) is 9.97 Å². The minimum atomic E-state index is -0.137. The van der Waals surface area contributed by atoms with Crippen LogP contribution in [-0.4, -0.2) is 14.5 Å². The van der Waals surface area contributed by atoms with Crippen molar-refractivity contribution < 1.29 is 0 Å². The Labute approximate surface area is 141 Å². The fourth-order valence-electron chi connectivity index (χ4n) is 2.31. The maximum Gasteiger partial charge on any atom is 0.128 e.